The molecule has 1 aromatic carbocycles. The normalized spacial score (nSPS) is 26.8. The molecule has 13 heavy (non-hydrogen) atoms. The summed E-state index contributed by atoms with van der Waals surface area (Å²) in [6, 6.07) is 10.4. The summed E-state index contributed by atoms with van der Waals surface area (Å²) in [6.07, 6.45) is 5.27. The van der Waals surface area contributed by atoms with E-state index < -0.39 is 0 Å². The minimum atomic E-state index is 0.251. The van der Waals surface area contributed by atoms with Gasteiger partial charge in [0.2, 0.25) is 0 Å². The molecule has 2 atom stereocenters. The highest BCUT2D eigenvalue weighted by Crippen LogP contribution is 2.29. The lowest BCUT2D eigenvalue weighted by atomic mass is 9.97. The van der Waals surface area contributed by atoms with Gasteiger partial charge in [-0.15, -0.1) is 0 Å². The van der Waals surface area contributed by atoms with Crippen LogP contribution in [0.4, 0.5) is 0 Å². The summed E-state index contributed by atoms with van der Waals surface area (Å²) in [7, 11) is 0. The van der Waals surface area contributed by atoms with Gasteiger partial charge in [0.15, 0.2) is 0 Å². The molecule has 0 fully saturated rings. The lowest BCUT2D eigenvalue weighted by Gasteiger charge is -2.23. The van der Waals surface area contributed by atoms with Crippen molar-refractivity contribution in [1.29, 1.82) is 0 Å². The Morgan fingerprint density at radius 2 is 2.00 bits per heavy atom. The minimum absolute atomic E-state index is 0.251. The Balaban J connectivity index is 2.15. The molecule has 1 aliphatic heterocycles. The Morgan fingerprint density at radius 3 is 2.69 bits per heavy atom. The molecule has 68 valence electrons. The van der Waals surface area contributed by atoms with E-state index >= 15 is 0 Å². The molecule has 2 rings (SSSR count). The highest BCUT2D eigenvalue weighted by molar-refractivity contribution is 5.18. The average Bonchev–Trinajstić information content (AvgIpc) is 2.19. The molecule has 0 N–H and O–H groups in total. The van der Waals surface area contributed by atoms with Gasteiger partial charge in [-0.2, -0.15) is 0 Å². The van der Waals surface area contributed by atoms with E-state index in [4.69, 9.17) is 4.74 Å². The molecule has 0 aliphatic carbocycles. The van der Waals surface area contributed by atoms with Crippen LogP contribution in [-0.2, 0) is 4.74 Å². The molecule has 0 amide bonds. The van der Waals surface area contributed by atoms with E-state index in [0.29, 0.717) is 5.92 Å². The van der Waals surface area contributed by atoms with Crippen LogP contribution in [0.15, 0.2) is 42.7 Å². The Kier molecular flexibility index (Phi) is 2.35. The van der Waals surface area contributed by atoms with Crippen LogP contribution in [0.3, 0.4) is 0 Å². The molecule has 1 heteroatoms. The van der Waals surface area contributed by atoms with Crippen LogP contribution < -0.4 is 0 Å². The first-order valence-electron chi connectivity index (χ1n) is 4.73. The van der Waals surface area contributed by atoms with Crippen LogP contribution in [0.5, 0.6) is 0 Å². The fraction of sp³-hybridized carbons (Fsp3) is 0.333. The summed E-state index contributed by atoms with van der Waals surface area (Å²) < 4.78 is 5.55. The predicted molar refractivity (Wildman–Crippen MR) is 53.2 cm³/mol. The molecule has 0 saturated heterocycles. The molecule has 1 aromatic rings. The maximum absolute atomic E-state index is 5.55. The SMILES string of the molecule is CC1C=COC(c2ccccc2)C1. The van der Waals surface area contributed by atoms with Crippen molar-refractivity contribution in [2.75, 3.05) is 0 Å². The average molecular weight is 174 g/mol. The van der Waals surface area contributed by atoms with E-state index in [1.807, 2.05) is 12.3 Å². The monoisotopic (exact) mass is 174 g/mol. The van der Waals surface area contributed by atoms with Gasteiger partial charge in [0, 0.05) is 0 Å². The third-order valence-corrected chi connectivity index (χ3v) is 2.41. The Labute approximate surface area is 79.0 Å². The summed E-state index contributed by atoms with van der Waals surface area (Å²) in [6.45, 7) is 2.22. The first kappa shape index (κ1) is 8.36. The smallest absolute Gasteiger partial charge is 0.123 e. The van der Waals surface area contributed by atoms with Crippen molar-refractivity contribution in [2.24, 2.45) is 5.92 Å². The van der Waals surface area contributed by atoms with E-state index in [-0.39, 0.29) is 6.10 Å². The van der Waals surface area contributed by atoms with Gasteiger partial charge < -0.3 is 4.74 Å². The Hall–Kier alpha value is -1.24. The summed E-state index contributed by atoms with van der Waals surface area (Å²) in [5.74, 6) is 0.624. The van der Waals surface area contributed by atoms with E-state index in [2.05, 4.69) is 37.3 Å². The second-order valence-corrected chi connectivity index (χ2v) is 3.58. The molecule has 0 spiro atoms. The third-order valence-electron chi connectivity index (χ3n) is 2.41. The fourth-order valence-corrected chi connectivity index (χ4v) is 1.63. The van der Waals surface area contributed by atoms with Gasteiger partial charge in [-0.25, -0.2) is 0 Å². The Bertz CT molecular complexity index is 289. The molecular formula is C12H14O. The van der Waals surface area contributed by atoms with Gasteiger partial charge in [0.1, 0.15) is 6.10 Å². The first-order chi connectivity index (χ1) is 6.36. The van der Waals surface area contributed by atoms with Crippen molar-refractivity contribution < 1.29 is 4.74 Å². The fourth-order valence-electron chi connectivity index (χ4n) is 1.63. The predicted octanol–water partition coefficient (Wildman–Crippen LogP) is 3.30. The van der Waals surface area contributed by atoms with Gasteiger partial charge in [-0.3, -0.25) is 0 Å². The molecule has 0 radical (unpaired) electrons. The molecule has 1 nitrogen and oxygen atoms in total. The Morgan fingerprint density at radius 1 is 1.23 bits per heavy atom. The van der Waals surface area contributed by atoms with Crippen molar-refractivity contribution in [3.05, 3.63) is 48.2 Å². The molecular weight excluding hydrogens is 160 g/mol. The van der Waals surface area contributed by atoms with Crippen molar-refractivity contribution in [3.63, 3.8) is 0 Å². The lowest BCUT2D eigenvalue weighted by Crippen LogP contribution is -2.09. The third kappa shape index (κ3) is 1.92. The van der Waals surface area contributed by atoms with Crippen molar-refractivity contribution in [1.82, 2.24) is 0 Å². The van der Waals surface area contributed by atoms with Crippen LogP contribution in [-0.4, -0.2) is 0 Å². The molecule has 1 aliphatic rings. The second-order valence-electron chi connectivity index (χ2n) is 3.58. The van der Waals surface area contributed by atoms with E-state index in [9.17, 15) is 0 Å². The molecule has 1 heterocycles. The zero-order valence-corrected chi connectivity index (χ0v) is 7.81. The second kappa shape index (κ2) is 3.65. The maximum atomic E-state index is 5.55. The van der Waals surface area contributed by atoms with Crippen molar-refractivity contribution >= 4 is 0 Å². The van der Waals surface area contributed by atoms with Crippen LogP contribution in [0.25, 0.3) is 0 Å². The molecule has 0 bridgehead atoms. The number of hydrogen-bond acceptors (Lipinski definition) is 1. The summed E-state index contributed by atoms with van der Waals surface area (Å²) in [5, 5.41) is 0. The number of rotatable bonds is 1. The van der Waals surface area contributed by atoms with E-state index in [0.717, 1.165) is 6.42 Å². The van der Waals surface area contributed by atoms with Crippen molar-refractivity contribution in [2.45, 2.75) is 19.4 Å². The zero-order chi connectivity index (χ0) is 9.10. The summed E-state index contributed by atoms with van der Waals surface area (Å²) in [5.41, 5.74) is 1.28. The van der Waals surface area contributed by atoms with Crippen LogP contribution in [0.2, 0.25) is 0 Å². The quantitative estimate of drug-likeness (QED) is 0.634. The number of allylic oxidation sites excluding steroid dienone is 1. The van der Waals surface area contributed by atoms with Crippen molar-refractivity contribution in [3.8, 4) is 0 Å². The number of ether oxygens (including phenoxy) is 1. The highest BCUT2D eigenvalue weighted by Gasteiger charge is 2.17. The van der Waals surface area contributed by atoms with E-state index in [1.165, 1.54) is 5.56 Å². The van der Waals surface area contributed by atoms with Gasteiger partial charge in [-0.05, 0) is 24.0 Å². The minimum Gasteiger partial charge on any atom is -0.494 e. The van der Waals surface area contributed by atoms with E-state index in [1.54, 1.807) is 0 Å². The largest absolute Gasteiger partial charge is 0.494 e. The van der Waals surface area contributed by atoms with Crippen LogP contribution >= 0.6 is 0 Å². The first-order valence-corrected chi connectivity index (χ1v) is 4.73. The number of hydrogen-bond donors (Lipinski definition) is 0. The molecule has 2 unspecified atom stereocenters. The van der Waals surface area contributed by atoms with Gasteiger partial charge >= 0.3 is 0 Å². The summed E-state index contributed by atoms with van der Waals surface area (Å²) >= 11 is 0. The zero-order valence-electron chi connectivity index (χ0n) is 7.81. The molecule has 0 aromatic heterocycles. The number of benzene rings is 1. The van der Waals surface area contributed by atoms with Crippen LogP contribution in [0.1, 0.15) is 25.0 Å². The topological polar surface area (TPSA) is 9.23 Å². The highest BCUT2D eigenvalue weighted by atomic mass is 16.5. The summed E-state index contributed by atoms with van der Waals surface area (Å²) in [4.78, 5) is 0. The standard InChI is InChI=1S/C12H14O/c1-10-7-8-13-12(9-10)11-5-3-2-4-6-11/h2-8,10,12H,9H2,1H3. The van der Waals surface area contributed by atoms with Gasteiger partial charge in [0.25, 0.3) is 0 Å². The van der Waals surface area contributed by atoms with Gasteiger partial charge in [0.05, 0.1) is 6.26 Å². The van der Waals surface area contributed by atoms with Gasteiger partial charge in [-0.1, -0.05) is 37.3 Å². The maximum Gasteiger partial charge on any atom is 0.123 e. The lowest BCUT2D eigenvalue weighted by molar-refractivity contribution is 0.110. The van der Waals surface area contributed by atoms with Crippen LogP contribution in [0, 0.1) is 5.92 Å². The molecule has 0 saturated carbocycles.